The second-order valence-electron chi connectivity index (χ2n) is 5.24. The van der Waals surface area contributed by atoms with E-state index in [4.69, 9.17) is 9.47 Å². The molecule has 0 saturated carbocycles. The molecule has 0 atom stereocenters. The van der Waals surface area contributed by atoms with E-state index in [0.29, 0.717) is 19.3 Å². The third-order valence-corrected chi connectivity index (χ3v) is 3.63. The fourth-order valence-electron chi connectivity index (χ4n) is 2.57. The lowest BCUT2D eigenvalue weighted by molar-refractivity contribution is 0.0983. The topological polar surface area (TPSA) is 50.8 Å². The number of benzene rings is 1. The van der Waals surface area contributed by atoms with Crippen LogP contribution in [0.5, 0.6) is 0 Å². The zero-order valence-corrected chi connectivity index (χ0v) is 12.8. The van der Waals surface area contributed by atoms with Gasteiger partial charge in [-0.15, -0.1) is 0 Å². The number of nitrogens with zero attached hydrogens (tertiary/aromatic N) is 1. The van der Waals surface area contributed by atoms with Crippen LogP contribution in [0.2, 0.25) is 0 Å². The average Bonchev–Trinajstić information content (AvgIpc) is 2.49. The minimum absolute atomic E-state index is 0.196. The average molecular weight is 292 g/mol. The van der Waals surface area contributed by atoms with Crippen LogP contribution in [-0.2, 0) is 16.1 Å². The molecule has 0 spiro atoms. The van der Waals surface area contributed by atoms with E-state index in [9.17, 15) is 4.79 Å². The standard InChI is InChI=1S/C16H24N2O3/c1-3-21-16(19)18-9-7-14(8-10-18)17-15-6-4-5-13(11-15)12-20-2/h4-6,11,14,17H,3,7-10,12H2,1-2H3. The summed E-state index contributed by atoms with van der Waals surface area (Å²) in [6.07, 6.45) is 1.68. The Bertz CT molecular complexity index is 457. The fraction of sp³-hybridized carbons (Fsp3) is 0.562. The summed E-state index contributed by atoms with van der Waals surface area (Å²) in [6.45, 7) is 4.38. The summed E-state index contributed by atoms with van der Waals surface area (Å²) < 4.78 is 10.2. The highest BCUT2D eigenvalue weighted by atomic mass is 16.6. The highest BCUT2D eigenvalue weighted by Crippen LogP contribution is 2.18. The van der Waals surface area contributed by atoms with E-state index < -0.39 is 0 Å². The van der Waals surface area contributed by atoms with E-state index in [1.165, 1.54) is 0 Å². The second-order valence-corrected chi connectivity index (χ2v) is 5.24. The first-order chi connectivity index (χ1) is 10.2. The maximum atomic E-state index is 11.6. The van der Waals surface area contributed by atoms with Crippen LogP contribution in [-0.4, -0.2) is 43.8 Å². The number of methoxy groups -OCH3 is 1. The lowest BCUT2D eigenvalue weighted by atomic mass is 10.0. The summed E-state index contributed by atoms with van der Waals surface area (Å²) in [5.41, 5.74) is 2.27. The Hall–Kier alpha value is -1.75. The van der Waals surface area contributed by atoms with Gasteiger partial charge in [0.2, 0.25) is 0 Å². The molecule has 1 fully saturated rings. The number of hydrogen-bond acceptors (Lipinski definition) is 4. The molecule has 21 heavy (non-hydrogen) atoms. The molecule has 1 aromatic carbocycles. The number of nitrogens with one attached hydrogen (secondary N) is 1. The van der Waals surface area contributed by atoms with Gasteiger partial charge in [0.15, 0.2) is 0 Å². The molecule has 0 unspecified atom stereocenters. The molecule has 1 amide bonds. The van der Waals surface area contributed by atoms with Crippen molar-refractivity contribution in [2.75, 3.05) is 32.1 Å². The number of carbonyl (C=O) groups excluding carboxylic acids is 1. The van der Waals surface area contributed by atoms with Crippen LogP contribution >= 0.6 is 0 Å². The van der Waals surface area contributed by atoms with Crippen LogP contribution in [0.1, 0.15) is 25.3 Å². The zero-order chi connectivity index (χ0) is 15.1. The van der Waals surface area contributed by atoms with Gasteiger partial charge in [-0.05, 0) is 37.5 Å². The van der Waals surface area contributed by atoms with Crippen LogP contribution in [0.3, 0.4) is 0 Å². The number of anilines is 1. The molecule has 0 radical (unpaired) electrons. The third kappa shape index (κ3) is 4.63. The third-order valence-electron chi connectivity index (χ3n) is 3.63. The van der Waals surface area contributed by atoms with Gasteiger partial charge in [0.25, 0.3) is 0 Å². The number of piperidine rings is 1. The normalized spacial score (nSPS) is 15.8. The maximum Gasteiger partial charge on any atom is 0.409 e. The van der Waals surface area contributed by atoms with Crippen LogP contribution < -0.4 is 5.32 Å². The van der Waals surface area contributed by atoms with Crippen molar-refractivity contribution in [3.8, 4) is 0 Å². The molecule has 1 saturated heterocycles. The minimum Gasteiger partial charge on any atom is -0.450 e. The van der Waals surface area contributed by atoms with Gasteiger partial charge in [-0.25, -0.2) is 4.79 Å². The van der Waals surface area contributed by atoms with Crippen molar-refractivity contribution in [2.24, 2.45) is 0 Å². The number of ether oxygens (including phenoxy) is 2. The van der Waals surface area contributed by atoms with E-state index in [2.05, 4.69) is 23.5 Å². The van der Waals surface area contributed by atoms with Gasteiger partial charge in [-0.3, -0.25) is 0 Å². The first-order valence-corrected chi connectivity index (χ1v) is 7.49. The molecule has 1 N–H and O–H groups in total. The Kier molecular flexibility index (Phi) is 5.87. The van der Waals surface area contributed by atoms with Crippen LogP contribution in [0.15, 0.2) is 24.3 Å². The highest BCUT2D eigenvalue weighted by Gasteiger charge is 2.23. The van der Waals surface area contributed by atoms with Crippen molar-refractivity contribution in [2.45, 2.75) is 32.4 Å². The fourth-order valence-corrected chi connectivity index (χ4v) is 2.57. The van der Waals surface area contributed by atoms with Crippen LogP contribution in [0.25, 0.3) is 0 Å². The smallest absolute Gasteiger partial charge is 0.409 e. The molecule has 1 aliphatic heterocycles. The number of amides is 1. The molecule has 5 nitrogen and oxygen atoms in total. The molecule has 1 aromatic rings. The van der Waals surface area contributed by atoms with Crippen molar-refractivity contribution < 1.29 is 14.3 Å². The second kappa shape index (κ2) is 7.88. The highest BCUT2D eigenvalue weighted by molar-refractivity contribution is 5.67. The van der Waals surface area contributed by atoms with Crippen molar-refractivity contribution in [3.63, 3.8) is 0 Å². The predicted molar refractivity (Wildman–Crippen MR) is 82.4 cm³/mol. The van der Waals surface area contributed by atoms with Gasteiger partial charge in [-0.2, -0.15) is 0 Å². The van der Waals surface area contributed by atoms with Gasteiger partial charge < -0.3 is 19.7 Å². The number of likely N-dealkylation sites (tertiary alicyclic amines) is 1. The van der Waals surface area contributed by atoms with E-state index in [-0.39, 0.29) is 6.09 Å². The Morgan fingerprint density at radius 2 is 2.14 bits per heavy atom. The first-order valence-electron chi connectivity index (χ1n) is 7.49. The molecule has 1 aliphatic rings. The number of rotatable bonds is 5. The Labute approximate surface area is 126 Å². The Balaban J connectivity index is 1.83. The summed E-state index contributed by atoms with van der Waals surface area (Å²) in [5.74, 6) is 0. The lowest BCUT2D eigenvalue weighted by Crippen LogP contribution is -2.42. The van der Waals surface area contributed by atoms with Gasteiger partial charge in [0.1, 0.15) is 0 Å². The lowest BCUT2D eigenvalue weighted by Gasteiger charge is -2.32. The van der Waals surface area contributed by atoms with Crippen molar-refractivity contribution in [1.29, 1.82) is 0 Å². The number of hydrogen-bond donors (Lipinski definition) is 1. The van der Waals surface area contributed by atoms with Crippen molar-refractivity contribution >= 4 is 11.8 Å². The van der Waals surface area contributed by atoms with Gasteiger partial charge in [-0.1, -0.05) is 12.1 Å². The molecule has 5 heteroatoms. The molecule has 116 valence electrons. The number of carbonyl (C=O) groups is 1. The van der Waals surface area contributed by atoms with E-state index in [1.54, 1.807) is 12.0 Å². The zero-order valence-electron chi connectivity index (χ0n) is 12.8. The predicted octanol–water partition coefficient (Wildman–Crippen LogP) is 2.87. The molecular formula is C16H24N2O3. The van der Waals surface area contributed by atoms with Gasteiger partial charge in [0, 0.05) is 31.9 Å². The summed E-state index contributed by atoms with van der Waals surface area (Å²) >= 11 is 0. The molecule has 2 rings (SSSR count). The van der Waals surface area contributed by atoms with Crippen LogP contribution in [0.4, 0.5) is 10.5 Å². The minimum atomic E-state index is -0.196. The Morgan fingerprint density at radius 3 is 2.81 bits per heavy atom. The summed E-state index contributed by atoms with van der Waals surface area (Å²) in [4.78, 5) is 13.4. The maximum absolute atomic E-state index is 11.6. The van der Waals surface area contributed by atoms with Crippen molar-refractivity contribution in [3.05, 3.63) is 29.8 Å². The Morgan fingerprint density at radius 1 is 1.38 bits per heavy atom. The largest absolute Gasteiger partial charge is 0.450 e. The van der Waals surface area contributed by atoms with E-state index in [1.807, 2.05) is 13.0 Å². The molecule has 1 heterocycles. The summed E-state index contributed by atoms with van der Waals surface area (Å²) in [7, 11) is 1.70. The molecule has 0 bridgehead atoms. The summed E-state index contributed by atoms with van der Waals surface area (Å²) in [6, 6.07) is 8.66. The van der Waals surface area contributed by atoms with Gasteiger partial charge >= 0.3 is 6.09 Å². The molecule has 0 aliphatic carbocycles. The van der Waals surface area contributed by atoms with Crippen LogP contribution in [0, 0.1) is 0 Å². The quantitative estimate of drug-likeness (QED) is 0.906. The molecule has 0 aromatic heterocycles. The summed E-state index contributed by atoms with van der Waals surface area (Å²) in [5, 5.41) is 3.54. The van der Waals surface area contributed by atoms with E-state index >= 15 is 0 Å². The molecular weight excluding hydrogens is 268 g/mol. The monoisotopic (exact) mass is 292 g/mol. The van der Waals surface area contributed by atoms with Gasteiger partial charge in [0.05, 0.1) is 13.2 Å². The van der Waals surface area contributed by atoms with Crippen molar-refractivity contribution in [1.82, 2.24) is 4.90 Å². The first kappa shape index (κ1) is 15.6. The van der Waals surface area contributed by atoms with E-state index in [0.717, 1.165) is 37.2 Å². The SMILES string of the molecule is CCOC(=O)N1CCC(Nc2cccc(COC)c2)CC1.